The average Bonchev–Trinajstić information content (AvgIpc) is 3.88. The number of furan rings is 2. The van der Waals surface area contributed by atoms with E-state index < -0.39 is 0 Å². The molecule has 0 radical (unpaired) electrons. The molecule has 4 aromatic heterocycles. The minimum Gasteiger partial charge on any atom is -0.456 e. The van der Waals surface area contributed by atoms with Crippen molar-refractivity contribution in [1.82, 2.24) is 15.0 Å². The maximum Gasteiger partial charge on any atom is 0.167 e. The number of nitrogens with zero attached hydrogens (tertiary/aromatic N) is 3. The molecular weight excluding hydrogens is 647 g/mol. The first-order valence-corrected chi connectivity index (χ1v) is 17.7. The van der Waals surface area contributed by atoms with E-state index in [-0.39, 0.29) is 0 Å². The molecule has 0 amide bonds. The van der Waals surface area contributed by atoms with Gasteiger partial charge in [0.05, 0.1) is 5.56 Å². The second kappa shape index (κ2) is 10.9. The second-order valence-corrected chi connectivity index (χ2v) is 13.8. The largest absolute Gasteiger partial charge is 0.456 e. The molecule has 6 heteroatoms. The van der Waals surface area contributed by atoms with Crippen LogP contribution in [0.1, 0.15) is 0 Å². The maximum absolute atomic E-state index is 6.85. The molecule has 0 unspecified atom stereocenters. The number of para-hydroxylation sites is 3. The summed E-state index contributed by atoms with van der Waals surface area (Å²) in [6.45, 7) is 0. The molecular formula is C45H25N3O2S. The number of benzene rings is 7. The van der Waals surface area contributed by atoms with Crippen LogP contribution in [0, 0.1) is 0 Å². The van der Waals surface area contributed by atoms with Crippen molar-refractivity contribution in [3.63, 3.8) is 0 Å². The molecule has 0 saturated carbocycles. The van der Waals surface area contributed by atoms with E-state index in [1.54, 1.807) is 11.3 Å². The normalized spacial score (nSPS) is 11.9. The topological polar surface area (TPSA) is 65.0 Å². The fourth-order valence-corrected chi connectivity index (χ4v) is 8.47. The minimum absolute atomic E-state index is 0.560. The van der Waals surface area contributed by atoms with Gasteiger partial charge in [-0.3, -0.25) is 0 Å². The average molecular weight is 672 g/mol. The van der Waals surface area contributed by atoms with Crippen LogP contribution in [-0.2, 0) is 0 Å². The van der Waals surface area contributed by atoms with Gasteiger partial charge in [0.25, 0.3) is 0 Å². The highest BCUT2D eigenvalue weighted by Crippen LogP contribution is 2.41. The van der Waals surface area contributed by atoms with Crippen molar-refractivity contribution >= 4 is 75.4 Å². The Morgan fingerprint density at radius 1 is 0.353 bits per heavy atom. The lowest BCUT2D eigenvalue weighted by atomic mass is 10.0. The molecule has 0 spiro atoms. The van der Waals surface area contributed by atoms with Crippen molar-refractivity contribution in [3.8, 4) is 45.3 Å². The summed E-state index contributed by atoms with van der Waals surface area (Å²) < 4.78 is 15.6. The van der Waals surface area contributed by atoms with Gasteiger partial charge in [-0.05, 0) is 42.0 Å². The lowest BCUT2D eigenvalue weighted by molar-refractivity contribution is 0.668. The number of hydrogen-bond acceptors (Lipinski definition) is 6. The van der Waals surface area contributed by atoms with Gasteiger partial charge < -0.3 is 8.83 Å². The first kappa shape index (κ1) is 28.2. The van der Waals surface area contributed by atoms with Crippen LogP contribution in [0.25, 0.3) is 109 Å². The fourth-order valence-electron chi connectivity index (χ4n) is 7.32. The van der Waals surface area contributed by atoms with Crippen molar-refractivity contribution in [2.45, 2.75) is 0 Å². The van der Waals surface area contributed by atoms with Crippen LogP contribution in [0.4, 0.5) is 0 Å². The van der Waals surface area contributed by atoms with Crippen LogP contribution in [0.15, 0.2) is 160 Å². The van der Waals surface area contributed by atoms with E-state index in [0.717, 1.165) is 71.7 Å². The van der Waals surface area contributed by atoms with Crippen LogP contribution in [0.3, 0.4) is 0 Å². The number of aromatic nitrogens is 3. The summed E-state index contributed by atoms with van der Waals surface area (Å²) in [4.78, 5) is 15.2. The SMILES string of the molecule is c1ccc(-c2nc(-c3ccc4c(c3)sc3ccccc34)nc(-c3cccc4c3oc3c(-c5ccc6c(c5)oc5ccccc56)cccc34)n2)cc1. The molecule has 0 fully saturated rings. The Hall–Kier alpha value is -6.63. The third-order valence-corrected chi connectivity index (χ3v) is 10.9. The molecule has 0 aliphatic carbocycles. The van der Waals surface area contributed by atoms with E-state index in [9.17, 15) is 0 Å². The third kappa shape index (κ3) is 4.43. The van der Waals surface area contributed by atoms with Crippen LogP contribution in [-0.4, -0.2) is 15.0 Å². The summed E-state index contributed by atoms with van der Waals surface area (Å²) in [5.74, 6) is 1.79. The van der Waals surface area contributed by atoms with E-state index in [1.807, 2.05) is 54.6 Å². The van der Waals surface area contributed by atoms with Crippen LogP contribution in [0.2, 0.25) is 0 Å². The molecule has 238 valence electrons. The number of rotatable bonds is 4. The molecule has 4 heterocycles. The van der Waals surface area contributed by atoms with E-state index in [1.165, 1.54) is 20.2 Å². The van der Waals surface area contributed by atoms with Crippen LogP contribution in [0.5, 0.6) is 0 Å². The van der Waals surface area contributed by atoms with Crippen molar-refractivity contribution < 1.29 is 8.83 Å². The van der Waals surface area contributed by atoms with Crippen LogP contribution < -0.4 is 0 Å². The molecule has 51 heavy (non-hydrogen) atoms. The molecule has 0 aliphatic rings. The zero-order chi connectivity index (χ0) is 33.5. The van der Waals surface area contributed by atoms with Gasteiger partial charge in [-0.1, -0.05) is 115 Å². The quantitative estimate of drug-likeness (QED) is 0.186. The Balaban J connectivity index is 1.10. The smallest absolute Gasteiger partial charge is 0.167 e. The predicted molar refractivity (Wildman–Crippen MR) is 209 cm³/mol. The van der Waals surface area contributed by atoms with Crippen molar-refractivity contribution in [2.75, 3.05) is 0 Å². The van der Waals surface area contributed by atoms with E-state index in [2.05, 4.69) is 97.1 Å². The molecule has 11 rings (SSSR count). The van der Waals surface area contributed by atoms with Gasteiger partial charge in [0, 0.05) is 58.4 Å². The highest BCUT2D eigenvalue weighted by atomic mass is 32.1. The Morgan fingerprint density at radius 2 is 0.961 bits per heavy atom. The molecule has 11 aromatic rings. The summed E-state index contributed by atoms with van der Waals surface area (Å²) >= 11 is 1.78. The van der Waals surface area contributed by atoms with E-state index >= 15 is 0 Å². The summed E-state index contributed by atoms with van der Waals surface area (Å²) in [6.07, 6.45) is 0. The Kier molecular flexibility index (Phi) is 6.05. The first-order chi connectivity index (χ1) is 25.2. The Labute approximate surface area is 295 Å². The van der Waals surface area contributed by atoms with Crippen LogP contribution >= 0.6 is 11.3 Å². The van der Waals surface area contributed by atoms with Gasteiger partial charge >= 0.3 is 0 Å². The Morgan fingerprint density at radius 3 is 1.82 bits per heavy atom. The molecule has 0 atom stereocenters. The number of thiophene rings is 1. The maximum atomic E-state index is 6.85. The van der Waals surface area contributed by atoms with Gasteiger partial charge in [-0.15, -0.1) is 11.3 Å². The summed E-state index contributed by atoms with van der Waals surface area (Å²) in [6, 6.07) is 52.1. The monoisotopic (exact) mass is 671 g/mol. The van der Waals surface area contributed by atoms with Crippen molar-refractivity contribution in [3.05, 3.63) is 152 Å². The molecule has 0 saturated heterocycles. The molecule has 0 bridgehead atoms. The van der Waals surface area contributed by atoms with E-state index in [4.69, 9.17) is 23.8 Å². The van der Waals surface area contributed by atoms with Gasteiger partial charge in [-0.25, -0.2) is 15.0 Å². The van der Waals surface area contributed by atoms with Crippen molar-refractivity contribution in [1.29, 1.82) is 0 Å². The van der Waals surface area contributed by atoms with Gasteiger partial charge in [0.2, 0.25) is 0 Å². The molecule has 0 N–H and O–H groups in total. The Bertz CT molecular complexity index is 3160. The lowest BCUT2D eigenvalue weighted by Gasteiger charge is -2.09. The highest BCUT2D eigenvalue weighted by Gasteiger charge is 2.20. The molecule has 7 aromatic carbocycles. The number of hydrogen-bond donors (Lipinski definition) is 0. The van der Waals surface area contributed by atoms with E-state index in [0.29, 0.717) is 17.5 Å². The highest BCUT2D eigenvalue weighted by molar-refractivity contribution is 7.25. The summed E-state index contributed by atoms with van der Waals surface area (Å²) in [7, 11) is 0. The first-order valence-electron chi connectivity index (χ1n) is 16.8. The zero-order valence-corrected chi connectivity index (χ0v) is 27.8. The minimum atomic E-state index is 0.560. The number of fused-ring (bicyclic) bond motifs is 9. The zero-order valence-electron chi connectivity index (χ0n) is 27.0. The van der Waals surface area contributed by atoms with Gasteiger partial charge in [0.1, 0.15) is 22.3 Å². The van der Waals surface area contributed by atoms with Gasteiger partial charge in [0.15, 0.2) is 17.5 Å². The molecule has 0 aliphatic heterocycles. The standard InChI is InChI=1S/C45H25N3O2S/c1-2-10-26(11-3-1)43-46-44(28-21-23-33-32-13-5-7-19-39(32)51-40(33)25-28)48-45(47-43)36-17-9-16-35-34-15-8-14-29(41(34)50-42(35)36)27-20-22-31-30-12-4-6-18-37(30)49-38(31)24-27/h1-25H. The summed E-state index contributed by atoms with van der Waals surface area (Å²) in [5.41, 5.74) is 7.97. The second-order valence-electron chi connectivity index (χ2n) is 12.8. The third-order valence-electron chi connectivity index (χ3n) is 9.76. The predicted octanol–water partition coefficient (Wildman–Crippen LogP) is 12.7. The lowest BCUT2D eigenvalue weighted by Crippen LogP contribution is -2.00. The van der Waals surface area contributed by atoms with Crippen molar-refractivity contribution in [2.24, 2.45) is 0 Å². The van der Waals surface area contributed by atoms with Gasteiger partial charge in [-0.2, -0.15) is 0 Å². The fraction of sp³-hybridized carbons (Fsp3) is 0. The molecule has 5 nitrogen and oxygen atoms in total. The summed E-state index contributed by atoms with van der Waals surface area (Å²) in [5, 5.41) is 6.74.